The van der Waals surface area contributed by atoms with Crippen molar-refractivity contribution in [1.29, 1.82) is 0 Å². The van der Waals surface area contributed by atoms with Crippen LogP contribution in [0.25, 0.3) is 0 Å². The minimum atomic E-state index is -0.450. The highest BCUT2D eigenvalue weighted by Crippen LogP contribution is 2.25. The van der Waals surface area contributed by atoms with E-state index in [2.05, 4.69) is 38.0 Å². The topological polar surface area (TPSA) is 68.1 Å². The van der Waals surface area contributed by atoms with Crippen LogP contribution in [-0.4, -0.2) is 16.5 Å². The minimum Gasteiger partial charge on any atom is -0.370 e. The number of hydrogen-bond donors (Lipinski definition) is 1. The van der Waals surface area contributed by atoms with E-state index in [0.717, 1.165) is 6.54 Å². The average Bonchev–Trinajstić information content (AvgIpc) is 2.25. The first-order valence-electron chi connectivity index (χ1n) is 5.65. The highest BCUT2D eigenvalue weighted by Gasteiger charge is 2.19. The summed E-state index contributed by atoms with van der Waals surface area (Å²) in [6.45, 7) is 9.51. The van der Waals surface area contributed by atoms with Gasteiger partial charge in [0, 0.05) is 12.6 Å². The third-order valence-corrected chi connectivity index (χ3v) is 3.03. The molecular formula is C12H19N3O2. The van der Waals surface area contributed by atoms with Gasteiger partial charge in [-0.15, -0.1) is 0 Å². The number of nitrogens with one attached hydrogen (secondary N) is 1. The van der Waals surface area contributed by atoms with E-state index in [1.807, 2.05) is 0 Å². The molecule has 1 aromatic rings. The zero-order chi connectivity index (χ0) is 13.1. The number of hydrogen-bond acceptors (Lipinski definition) is 4. The Kier molecular flexibility index (Phi) is 4.04. The normalized spacial score (nSPS) is 13.2. The second kappa shape index (κ2) is 5.12. The van der Waals surface area contributed by atoms with Crippen LogP contribution in [0.3, 0.4) is 0 Å². The van der Waals surface area contributed by atoms with Crippen molar-refractivity contribution in [2.75, 3.05) is 11.9 Å². The summed E-state index contributed by atoms with van der Waals surface area (Å²) >= 11 is 0. The van der Waals surface area contributed by atoms with Crippen LogP contribution in [0.4, 0.5) is 11.5 Å². The van der Waals surface area contributed by atoms with E-state index in [1.165, 1.54) is 12.3 Å². The van der Waals surface area contributed by atoms with Crippen LogP contribution in [0, 0.1) is 21.4 Å². The van der Waals surface area contributed by atoms with Crippen molar-refractivity contribution in [2.24, 2.45) is 11.3 Å². The van der Waals surface area contributed by atoms with Crippen molar-refractivity contribution in [3.8, 4) is 0 Å². The minimum absolute atomic E-state index is 0.0134. The van der Waals surface area contributed by atoms with Crippen LogP contribution in [0.5, 0.6) is 0 Å². The second-order valence-corrected chi connectivity index (χ2v) is 5.31. The Hall–Kier alpha value is -1.65. The van der Waals surface area contributed by atoms with Crippen molar-refractivity contribution >= 4 is 11.5 Å². The molecule has 0 aliphatic heterocycles. The molecule has 0 bridgehead atoms. The lowest BCUT2D eigenvalue weighted by Gasteiger charge is -2.27. The van der Waals surface area contributed by atoms with Crippen molar-refractivity contribution in [1.82, 2.24) is 4.98 Å². The van der Waals surface area contributed by atoms with Gasteiger partial charge in [-0.2, -0.15) is 0 Å². The number of aromatic nitrogens is 1. The van der Waals surface area contributed by atoms with E-state index >= 15 is 0 Å². The third kappa shape index (κ3) is 4.01. The van der Waals surface area contributed by atoms with Crippen molar-refractivity contribution < 1.29 is 4.92 Å². The molecule has 0 radical (unpaired) electrons. The molecule has 0 aliphatic rings. The summed E-state index contributed by atoms with van der Waals surface area (Å²) in [6, 6.07) is 3.09. The molecule has 1 atom stereocenters. The molecule has 0 amide bonds. The second-order valence-electron chi connectivity index (χ2n) is 5.31. The Labute approximate surface area is 101 Å². The molecule has 0 spiro atoms. The number of rotatable bonds is 4. The fourth-order valence-electron chi connectivity index (χ4n) is 1.16. The summed E-state index contributed by atoms with van der Waals surface area (Å²) in [5, 5.41) is 13.6. The van der Waals surface area contributed by atoms with Gasteiger partial charge < -0.3 is 5.32 Å². The summed E-state index contributed by atoms with van der Waals surface area (Å²) in [4.78, 5) is 14.0. The average molecular weight is 237 g/mol. The molecule has 0 fully saturated rings. The van der Waals surface area contributed by atoms with Crippen molar-refractivity contribution in [3.63, 3.8) is 0 Å². The molecule has 1 rings (SSSR count). The van der Waals surface area contributed by atoms with Gasteiger partial charge in [-0.1, -0.05) is 27.7 Å². The summed E-state index contributed by atoms with van der Waals surface area (Å²) in [5.41, 5.74) is 0.243. The maximum Gasteiger partial charge on any atom is 0.287 e. The molecule has 1 aromatic heterocycles. The van der Waals surface area contributed by atoms with Crippen LogP contribution in [0.2, 0.25) is 0 Å². The van der Waals surface area contributed by atoms with Crippen LogP contribution in [-0.2, 0) is 0 Å². The van der Waals surface area contributed by atoms with Crippen LogP contribution in [0.1, 0.15) is 27.7 Å². The van der Waals surface area contributed by atoms with Gasteiger partial charge in [0.25, 0.3) is 5.69 Å². The highest BCUT2D eigenvalue weighted by atomic mass is 16.6. The Morgan fingerprint density at radius 1 is 1.47 bits per heavy atom. The first kappa shape index (κ1) is 13.4. The Bertz CT molecular complexity index is 382. The molecule has 5 nitrogen and oxygen atoms in total. The third-order valence-electron chi connectivity index (χ3n) is 3.03. The number of nitrogens with zero attached hydrogens (tertiary/aromatic N) is 2. The maximum absolute atomic E-state index is 10.5. The summed E-state index contributed by atoms with van der Waals surface area (Å²) in [6.07, 6.45) is 1.27. The zero-order valence-electron chi connectivity index (χ0n) is 10.7. The van der Waals surface area contributed by atoms with Gasteiger partial charge in [-0.05, 0) is 17.4 Å². The maximum atomic E-state index is 10.5. The molecule has 0 saturated heterocycles. The van der Waals surface area contributed by atoms with Gasteiger partial charge in [0.1, 0.15) is 12.0 Å². The van der Waals surface area contributed by atoms with E-state index in [4.69, 9.17) is 0 Å². The predicted molar refractivity (Wildman–Crippen MR) is 68.0 cm³/mol. The summed E-state index contributed by atoms with van der Waals surface area (Å²) in [5.74, 6) is 1.16. The monoisotopic (exact) mass is 237 g/mol. The lowest BCUT2D eigenvalue weighted by atomic mass is 9.82. The molecule has 0 saturated carbocycles. The largest absolute Gasteiger partial charge is 0.370 e. The van der Waals surface area contributed by atoms with Gasteiger partial charge in [0.15, 0.2) is 0 Å². The van der Waals surface area contributed by atoms with Crippen molar-refractivity contribution in [3.05, 3.63) is 28.4 Å². The smallest absolute Gasteiger partial charge is 0.287 e. The van der Waals surface area contributed by atoms with Gasteiger partial charge in [0.05, 0.1) is 4.92 Å². The van der Waals surface area contributed by atoms with Gasteiger partial charge >= 0.3 is 0 Å². The fraction of sp³-hybridized carbons (Fsp3) is 0.583. The molecule has 5 heteroatoms. The number of anilines is 1. The van der Waals surface area contributed by atoms with Crippen molar-refractivity contribution in [2.45, 2.75) is 27.7 Å². The summed E-state index contributed by atoms with van der Waals surface area (Å²) in [7, 11) is 0. The van der Waals surface area contributed by atoms with E-state index in [1.54, 1.807) is 6.07 Å². The van der Waals surface area contributed by atoms with Gasteiger partial charge in [-0.3, -0.25) is 10.1 Å². The van der Waals surface area contributed by atoms with Crippen LogP contribution >= 0.6 is 0 Å². The molecule has 1 heterocycles. The number of pyridine rings is 1. The molecule has 0 aliphatic carbocycles. The Morgan fingerprint density at radius 3 is 2.53 bits per heavy atom. The fourth-order valence-corrected chi connectivity index (χ4v) is 1.16. The Balaban J connectivity index is 2.56. The van der Waals surface area contributed by atoms with Gasteiger partial charge in [0.2, 0.25) is 0 Å². The lowest BCUT2D eigenvalue weighted by Crippen LogP contribution is -2.25. The highest BCUT2D eigenvalue weighted by molar-refractivity contribution is 5.40. The summed E-state index contributed by atoms with van der Waals surface area (Å²) < 4.78 is 0. The predicted octanol–water partition coefficient (Wildman–Crippen LogP) is 3.08. The molecule has 0 aromatic carbocycles. The first-order valence-corrected chi connectivity index (χ1v) is 5.65. The lowest BCUT2D eigenvalue weighted by molar-refractivity contribution is -0.385. The van der Waals surface area contributed by atoms with Crippen LogP contribution < -0.4 is 5.32 Å². The molecule has 94 valence electrons. The Morgan fingerprint density at radius 2 is 2.12 bits per heavy atom. The SMILES string of the molecule is CC(CNc1ccc([N+](=O)[O-])cn1)C(C)(C)C. The van der Waals surface area contributed by atoms with Gasteiger partial charge in [-0.25, -0.2) is 4.98 Å². The zero-order valence-corrected chi connectivity index (χ0v) is 10.7. The molecule has 1 unspecified atom stereocenters. The van der Waals surface area contributed by atoms with Crippen LogP contribution in [0.15, 0.2) is 18.3 Å². The van der Waals surface area contributed by atoms with E-state index < -0.39 is 4.92 Å². The van der Waals surface area contributed by atoms with E-state index in [9.17, 15) is 10.1 Å². The first-order chi connectivity index (χ1) is 7.80. The molecular weight excluding hydrogens is 218 g/mol. The van der Waals surface area contributed by atoms with E-state index in [0.29, 0.717) is 11.7 Å². The molecule has 1 N–H and O–H groups in total. The number of nitro groups is 1. The standard InChI is InChI=1S/C12H19N3O2/c1-9(12(2,3)4)7-13-11-6-5-10(8-14-11)15(16)17/h5-6,8-9H,7H2,1-4H3,(H,13,14). The van der Waals surface area contributed by atoms with E-state index in [-0.39, 0.29) is 11.1 Å². The quantitative estimate of drug-likeness (QED) is 0.645. The molecule has 17 heavy (non-hydrogen) atoms.